The molecular weight excluding hydrogens is 419 g/mol. The Kier molecular flexibility index (Phi) is 9.44. The molecule has 1 heterocycles. The standard InChI is InChI=1S/C29H34BN2S/c1-5-10-26(28-13-9-18-33-28)31-23(4)27(20-25-16-14-21(2)15-17-25)32-29(30)22(3)19-24-11-7-6-8-12-24/h6-18,22,27,32H,5,19-20H2,1-4H3/b26-10-,31-23?. The minimum absolute atomic E-state index is 0.0196. The summed E-state index contributed by atoms with van der Waals surface area (Å²) in [5.74, 6) is 0.212. The van der Waals surface area contributed by atoms with Gasteiger partial charge in [0.15, 0.2) is 0 Å². The fraction of sp³-hybridized carbons (Fsp3) is 0.310. The quantitative estimate of drug-likeness (QED) is 0.255. The average molecular weight is 453 g/mol. The molecule has 0 fully saturated rings. The molecule has 3 rings (SSSR count). The van der Waals surface area contributed by atoms with Gasteiger partial charge < -0.3 is 0 Å². The molecule has 1 aromatic heterocycles. The summed E-state index contributed by atoms with van der Waals surface area (Å²) in [5, 5.41) is 5.73. The van der Waals surface area contributed by atoms with Crippen molar-refractivity contribution >= 4 is 35.8 Å². The molecule has 3 aromatic rings. The number of nitrogens with zero attached hydrogens (tertiary/aromatic N) is 1. The van der Waals surface area contributed by atoms with Gasteiger partial charge in [0.05, 0.1) is 0 Å². The van der Waals surface area contributed by atoms with E-state index in [0.717, 1.165) is 36.3 Å². The molecule has 0 bridgehead atoms. The number of hydrogen-bond donors (Lipinski definition) is 1. The van der Waals surface area contributed by atoms with Gasteiger partial charge in [-0.05, 0) is 0 Å². The molecule has 2 nitrogen and oxygen atoms in total. The molecule has 1 N–H and O–H groups in total. The summed E-state index contributed by atoms with van der Waals surface area (Å²) < 4.78 is 0. The molecule has 0 saturated heterocycles. The van der Waals surface area contributed by atoms with Gasteiger partial charge in [0.25, 0.3) is 0 Å². The molecule has 0 saturated carbocycles. The number of aryl methyl sites for hydroxylation is 1. The summed E-state index contributed by atoms with van der Waals surface area (Å²) in [6.45, 7) is 8.56. The zero-order chi connectivity index (χ0) is 23.6. The number of nitrogens with one attached hydrogen (secondary N) is 1. The van der Waals surface area contributed by atoms with Crippen molar-refractivity contribution < 1.29 is 0 Å². The first-order valence-corrected chi connectivity index (χ1v) is 12.6. The number of benzene rings is 2. The molecule has 169 valence electrons. The van der Waals surface area contributed by atoms with E-state index < -0.39 is 0 Å². The number of allylic oxidation sites excluding steroid dienone is 1. The zero-order valence-electron chi connectivity index (χ0n) is 20.2. The molecule has 0 aliphatic heterocycles. The summed E-state index contributed by atoms with van der Waals surface area (Å²) in [5.41, 5.74) is 6.72. The Labute approximate surface area is 204 Å². The molecule has 0 aliphatic carbocycles. The molecule has 2 unspecified atom stereocenters. The summed E-state index contributed by atoms with van der Waals surface area (Å²) in [6.07, 6.45) is 4.88. The average Bonchev–Trinajstić information content (AvgIpc) is 3.35. The van der Waals surface area contributed by atoms with Crippen LogP contribution in [0.15, 0.2) is 83.2 Å². The molecule has 2 aromatic carbocycles. The van der Waals surface area contributed by atoms with E-state index in [1.807, 2.05) is 6.07 Å². The van der Waals surface area contributed by atoms with Gasteiger partial charge in [-0.1, -0.05) is 0 Å². The van der Waals surface area contributed by atoms with E-state index in [1.165, 1.54) is 21.6 Å². The van der Waals surface area contributed by atoms with Crippen LogP contribution in [0.5, 0.6) is 0 Å². The number of thiophene rings is 1. The van der Waals surface area contributed by atoms with Crippen LogP contribution >= 0.6 is 11.3 Å². The second kappa shape index (κ2) is 12.5. The van der Waals surface area contributed by atoms with Crippen LogP contribution in [-0.4, -0.2) is 24.8 Å². The molecular formula is C29H34BN2S. The van der Waals surface area contributed by atoms with E-state index in [9.17, 15) is 0 Å². The van der Waals surface area contributed by atoms with Crippen LogP contribution in [0, 0.1) is 12.8 Å². The van der Waals surface area contributed by atoms with Gasteiger partial charge in [-0.3, -0.25) is 0 Å². The zero-order valence-corrected chi connectivity index (χ0v) is 21.0. The molecule has 0 spiro atoms. The van der Waals surface area contributed by atoms with Gasteiger partial charge in [-0.15, -0.1) is 0 Å². The van der Waals surface area contributed by atoms with E-state index in [1.54, 1.807) is 11.3 Å². The fourth-order valence-corrected chi connectivity index (χ4v) is 4.48. The van der Waals surface area contributed by atoms with E-state index >= 15 is 0 Å². The monoisotopic (exact) mass is 453 g/mol. The molecule has 4 heteroatoms. The third-order valence-electron chi connectivity index (χ3n) is 5.79. The Morgan fingerprint density at radius 2 is 1.70 bits per heavy atom. The van der Waals surface area contributed by atoms with Crippen molar-refractivity contribution in [2.75, 3.05) is 0 Å². The summed E-state index contributed by atoms with van der Waals surface area (Å²) in [6, 6.07) is 23.5. The van der Waals surface area contributed by atoms with Crippen molar-refractivity contribution in [3.8, 4) is 0 Å². The Hall–Kier alpha value is -2.72. The molecule has 1 radical (unpaired) electrons. The van der Waals surface area contributed by atoms with Crippen LogP contribution in [0.1, 0.15) is 48.8 Å². The number of rotatable bonds is 11. The van der Waals surface area contributed by atoms with Crippen molar-refractivity contribution in [2.45, 2.75) is 53.0 Å². The molecule has 0 aliphatic rings. The van der Waals surface area contributed by atoms with Crippen LogP contribution in [-0.2, 0) is 12.8 Å². The van der Waals surface area contributed by atoms with Crippen molar-refractivity contribution in [3.63, 3.8) is 0 Å². The van der Waals surface area contributed by atoms with Crippen LogP contribution in [0.3, 0.4) is 0 Å². The van der Waals surface area contributed by atoms with Gasteiger partial charge in [0.2, 0.25) is 0 Å². The van der Waals surface area contributed by atoms with Gasteiger partial charge in [-0.2, -0.15) is 0 Å². The predicted octanol–water partition coefficient (Wildman–Crippen LogP) is 6.65. The third-order valence-corrected chi connectivity index (χ3v) is 6.68. The van der Waals surface area contributed by atoms with E-state index in [-0.39, 0.29) is 12.0 Å². The van der Waals surface area contributed by atoms with E-state index in [4.69, 9.17) is 12.5 Å². The van der Waals surface area contributed by atoms with E-state index in [2.05, 4.69) is 105 Å². The Bertz CT molecular complexity index is 1070. The van der Waals surface area contributed by atoms with Crippen molar-refractivity contribution in [1.82, 2.24) is 5.32 Å². The first-order chi connectivity index (χ1) is 16.0. The predicted molar refractivity (Wildman–Crippen MR) is 148 cm³/mol. The Morgan fingerprint density at radius 1 is 1.00 bits per heavy atom. The van der Waals surface area contributed by atoms with Crippen molar-refractivity contribution in [2.24, 2.45) is 10.9 Å². The van der Waals surface area contributed by atoms with E-state index in [0.29, 0.717) is 0 Å². The first-order valence-electron chi connectivity index (χ1n) is 11.7. The summed E-state index contributed by atoms with van der Waals surface area (Å²) in [4.78, 5) is 6.27. The molecule has 0 amide bonds. The van der Waals surface area contributed by atoms with Crippen molar-refractivity contribution in [1.29, 1.82) is 0 Å². The van der Waals surface area contributed by atoms with Crippen LogP contribution in [0.2, 0.25) is 0 Å². The number of aliphatic imine (C=N–C) groups is 1. The van der Waals surface area contributed by atoms with Crippen LogP contribution < -0.4 is 5.32 Å². The van der Waals surface area contributed by atoms with Crippen LogP contribution in [0.25, 0.3) is 5.70 Å². The molecule has 2 atom stereocenters. The summed E-state index contributed by atoms with van der Waals surface area (Å²) in [7, 11) is 6.60. The third kappa shape index (κ3) is 7.68. The fourth-order valence-electron chi connectivity index (χ4n) is 3.77. The van der Waals surface area contributed by atoms with Crippen molar-refractivity contribution in [3.05, 3.63) is 99.8 Å². The minimum atomic E-state index is 0.0196. The van der Waals surface area contributed by atoms with Gasteiger partial charge in [-0.25, -0.2) is 0 Å². The maximum atomic E-state index is 6.60. The topological polar surface area (TPSA) is 24.4 Å². The maximum absolute atomic E-state index is 6.60. The Morgan fingerprint density at radius 3 is 2.33 bits per heavy atom. The second-order valence-corrected chi connectivity index (χ2v) is 9.61. The van der Waals surface area contributed by atoms with Gasteiger partial charge in [0.1, 0.15) is 0 Å². The second-order valence-electron chi connectivity index (χ2n) is 8.66. The summed E-state index contributed by atoms with van der Waals surface area (Å²) >= 11 is 1.72. The first kappa shape index (κ1) is 24.9. The SMILES string of the molecule is [B]=C(NC(Cc1ccc(C)cc1)C(C)=N/C(=C\CC)c1cccs1)C(C)Cc1ccccc1. The van der Waals surface area contributed by atoms with Gasteiger partial charge in [0, 0.05) is 0 Å². The normalized spacial score (nSPS) is 14.0. The Balaban J connectivity index is 1.82. The number of hydrogen-bond acceptors (Lipinski definition) is 3. The van der Waals surface area contributed by atoms with Crippen LogP contribution in [0.4, 0.5) is 0 Å². The van der Waals surface area contributed by atoms with Gasteiger partial charge >= 0.3 is 205 Å². The molecule has 33 heavy (non-hydrogen) atoms.